The molecule has 0 aliphatic heterocycles. The van der Waals surface area contributed by atoms with Gasteiger partial charge >= 0.3 is 24.8 Å². The van der Waals surface area contributed by atoms with Gasteiger partial charge in [-0.2, -0.15) is 0 Å². The summed E-state index contributed by atoms with van der Waals surface area (Å²) in [5, 5.41) is 0. The fourth-order valence-corrected chi connectivity index (χ4v) is 0.642. The van der Waals surface area contributed by atoms with Gasteiger partial charge in [0, 0.05) is 17.4 Å². The van der Waals surface area contributed by atoms with Crippen LogP contribution >= 0.6 is 24.8 Å². The largest absolute Gasteiger partial charge is 0.435 e. The average Bonchev–Trinajstić information content (AvgIpc) is 2.18. The van der Waals surface area contributed by atoms with Crippen LogP contribution in [0.3, 0.4) is 0 Å². The monoisotopic (exact) mass is 351 g/mol. The lowest BCUT2D eigenvalue weighted by Gasteiger charge is -1.84. The summed E-state index contributed by atoms with van der Waals surface area (Å²) in [6.07, 6.45) is 2.80. The van der Waals surface area contributed by atoms with E-state index in [0.717, 1.165) is 18.8 Å². The molecule has 19 heavy (non-hydrogen) atoms. The maximum Gasteiger partial charge on any atom is 0.364 e. The van der Waals surface area contributed by atoms with Crippen molar-refractivity contribution < 1.29 is 41.9 Å². The summed E-state index contributed by atoms with van der Waals surface area (Å²) < 4.78 is 40.2. The molecule has 9 nitrogen and oxygen atoms in total. The predicted octanol–water partition coefficient (Wildman–Crippen LogP) is 1.20. The molecule has 0 aliphatic carbocycles. The lowest BCUT2D eigenvalue weighted by atomic mass is 11.2. The third-order valence-electron chi connectivity index (χ3n) is 0.552. The van der Waals surface area contributed by atoms with E-state index in [9.17, 15) is 13.7 Å². The van der Waals surface area contributed by atoms with Crippen LogP contribution in [0.5, 0.6) is 0 Å². The molecule has 0 heterocycles. The molecule has 13 heteroatoms. The Morgan fingerprint density at radius 3 is 0.842 bits per heavy atom. The van der Waals surface area contributed by atoms with Gasteiger partial charge in [-0.3, -0.25) is 0 Å². The van der Waals surface area contributed by atoms with Crippen LogP contribution in [-0.4, -0.2) is 32.0 Å². The Hall–Kier alpha value is -0.278. The Bertz CT molecular complexity index is 261. The zero-order valence-corrected chi connectivity index (χ0v) is 13.9. The summed E-state index contributed by atoms with van der Waals surface area (Å²) in [7, 11) is -8.26. The van der Waals surface area contributed by atoms with Crippen molar-refractivity contribution in [1.29, 1.82) is 0 Å². The van der Waals surface area contributed by atoms with Crippen LogP contribution in [0, 0.1) is 0 Å². The first kappa shape index (κ1) is 27.1. The third-order valence-corrected chi connectivity index (χ3v) is 1.66. The Labute approximate surface area is 123 Å². The number of hydrogen-bond donors (Lipinski definition) is 3. The second-order valence-electron chi connectivity index (χ2n) is 1.65. The van der Waals surface area contributed by atoms with Crippen molar-refractivity contribution in [1.82, 2.24) is 0 Å². The van der Waals surface area contributed by atoms with Gasteiger partial charge in [0.1, 0.15) is 0 Å². The molecule has 0 aromatic rings. The van der Waals surface area contributed by atoms with Crippen LogP contribution in [0.15, 0.2) is 38.5 Å². The highest BCUT2D eigenvalue weighted by molar-refractivity contribution is 7.32. The summed E-state index contributed by atoms with van der Waals surface area (Å²) in [5.74, 6) is 0. The van der Waals surface area contributed by atoms with Crippen LogP contribution in [0.2, 0.25) is 0 Å². The van der Waals surface area contributed by atoms with Gasteiger partial charge in [-0.05, 0) is 0 Å². The fourth-order valence-electron chi connectivity index (χ4n) is 0.214. The molecule has 0 aliphatic rings. The van der Waals surface area contributed by atoms with Gasteiger partial charge in [-0.25, -0.2) is 13.7 Å². The molecule has 0 aromatic carbocycles. The van der Waals surface area contributed by atoms with E-state index in [0.29, 0.717) is 0 Å². The van der Waals surface area contributed by atoms with Gasteiger partial charge in [0.05, 0.1) is 18.8 Å². The summed E-state index contributed by atoms with van der Waals surface area (Å²) in [5.41, 5.74) is 0. The lowest BCUT2D eigenvalue weighted by Crippen LogP contribution is -1.55. The normalized spacial score (nSPS) is 12.2. The summed E-state index contributed by atoms with van der Waals surface area (Å²) in [6.45, 7) is 9.13. The van der Waals surface area contributed by atoms with Crippen molar-refractivity contribution in [3.05, 3.63) is 38.5 Å². The smallest absolute Gasteiger partial charge is 0.364 e. The summed E-state index contributed by atoms with van der Waals surface area (Å²) in [6, 6.07) is 0. The molecule has 3 N–H and O–H groups in total. The van der Waals surface area contributed by atoms with Gasteiger partial charge in [0.15, 0.2) is 0 Å². The maximum atomic E-state index is 9.49. The van der Waals surface area contributed by atoms with E-state index in [1.165, 1.54) is 0 Å². The van der Waals surface area contributed by atoms with Gasteiger partial charge < -0.3 is 28.3 Å². The van der Waals surface area contributed by atoms with Gasteiger partial charge in [-0.1, -0.05) is 19.7 Å². The molecule has 3 unspecified atom stereocenters. The van der Waals surface area contributed by atoms with Crippen molar-refractivity contribution in [2.24, 2.45) is 0 Å². The highest BCUT2D eigenvalue weighted by Crippen LogP contribution is 2.13. The quantitative estimate of drug-likeness (QED) is 0.366. The molecular weight excluding hydrogens is 336 g/mol. The third kappa shape index (κ3) is 57.6. The SMILES string of the molecule is C=CO[PH](=O)O.C=CO[PH](=O)O.C=CO[PH](=O)O.[Al]. The molecule has 0 aromatic heterocycles. The van der Waals surface area contributed by atoms with Crippen LogP contribution in [0.4, 0.5) is 0 Å². The Morgan fingerprint density at radius 2 is 0.842 bits per heavy atom. The number of rotatable bonds is 6. The Balaban J connectivity index is -0.0000000865. The van der Waals surface area contributed by atoms with Crippen molar-refractivity contribution >= 4 is 42.1 Å². The van der Waals surface area contributed by atoms with E-state index in [-0.39, 0.29) is 17.4 Å². The van der Waals surface area contributed by atoms with Crippen molar-refractivity contribution in [3.63, 3.8) is 0 Å². The molecular formula is C6H15AlO9P3. The highest BCUT2D eigenvalue weighted by Gasteiger charge is 1.78. The molecule has 0 amide bonds. The predicted molar refractivity (Wildman–Crippen MR) is 73.3 cm³/mol. The van der Waals surface area contributed by atoms with Gasteiger partial charge in [0.2, 0.25) is 0 Å². The van der Waals surface area contributed by atoms with E-state index in [1.54, 1.807) is 0 Å². The zero-order valence-electron chi connectivity index (χ0n) is 9.72. The van der Waals surface area contributed by atoms with Crippen LogP contribution in [-0.2, 0) is 27.3 Å². The minimum absolute atomic E-state index is 0. The first-order chi connectivity index (χ1) is 8.31. The van der Waals surface area contributed by atoms with E-state index < -0.39 is 24.8 Å². The highest BCUT2D eigenvalue weighted by atomic mass is 31.1. The van der Waals surface area contributed by atoms with Crippen LogP contribution in [0.1, 0.15) is 0 Å². The summed E-state index contributed by atoms with van der Waals surface area (Å²) in [4.78, 5) is 23.4. The second kappa shape index (κ2) is 22.9. The molecule has 0 bridgehead atoms. The topological polar surface area (TPSA) is 140 Å². The number of hydrogen-bond acceptors (Lipinski definition) is 6. The maximum absolute atomic E-state index is 9.49. The fraction of sp³-hybridized carbons (Fsp3) is 0. The van der Waals surface area contributed by atoms with E-state index >= 15 is 0 Å². The van der Waals surface area contributed by atoms with Crippen LogP contribution in [0.25, 0.3) is 0 Å². The molecule has 111 valence electrons. The van der Waals surface area contributed by atoms with Gasteiger partial charge in [0.25, 0.3) is 0 Å². The van der Waals surface area contributed by atoms with Crippen molar-refractivity contribution in [3.8, 4) is 0 Å². The molecule has 0 rings (SSSR count). The second-order valence-corrected chi connectivity index (χ2v) is 3.95. The molecule has 0 saturated carbocycles. The van der Waals surface area contributed by atoms with Crippen LogP contribution < -0.4 is 0 Å². The standard InChI is InChI=1S/3C2H5O3P.Al/c3*1-2-5-6(3)4;/h3*2,6H,1H2,(H,3,4);. The first-order valence-electron chi connectivity index (χ1n) is 3.83. The molecule has 0 saturated heterocycles. The van der Waals surface area contributed by atoms with E-state index in [1.807, 2.05) is 0 Å². The molecule has 3 radical (unpaired) electrons. The van der Waals surface area contributed by atoms with Crippen molar-refractivity contribution in [2.75, 3.05) is 0 Å². The van der Waals surface area contributed by atoms with E-state index in [4.69, 9.17) is 14.7 Å². The Morgan fingerprint density at radius 1 is 0.684 bits per heavy atom. The van der Waals surface area contributed by atoms with E-state index in [2.05, 4.69) is 33.3 Å². The minimum atomic E-state index is -2.75. The lowest BCUT2D eigenvalue weighted by molar-refractivity contribution is 0.377. The summed E-state index contributed by atoms with van der Waals surface area (Å²) >= 11 is 0. The van der Waals surface area contributed by atoms with Gasteiger partial charge in [-0.15, -0.1) is 0 Å². The van der Waals surface area contributed by atoms with Crippen molar-refractivity contribution in [2.45, 2.75) is 0 Å². The minimum Gasteiger partial charge on any atom is -0.435 e. The molecule has 3 atom stereocenters. The first-order valence-corrected chi connectivity index (χ1v) is 7.62. The zero-order chi connectivity index (χ0) is 15.0. The Kier molecular flexibility index (Phi) is 32.6. The average molecular weight is 351 g/mol. The molecule has 0 fully saturated rings. The molecule has 0 spiro atoms.